The highest BCUT2D eigenvalue weighted by atomic mass is 32.2. The first-order chi connectivity index (χ1) is 16.0. The highest BCUT2D eigenvalue weighted by molar-refractivity contribution is 7.99. The van der Waals surface area contributed by atoms with Crippen molar-refractivity contribution in [1.82, 2.24) is 19.3 Å². The minimum Gasteiger partial charge on any atom is -0.383 e. The molecule has 1 aliphatic carbocycles. The van der Waals surface area contributed by atoms with Crippen LogP contribution in [0.5, 0.6) is 0 Å². The van der Waals surface area contributed by atoms with E-state index in [4.69, 9.17) is 4.74 Å². The van der Waals surface area contributed by atoms with Gasteiger partial charge in [0.15, 0.2) is 16.8 Å². The number of hydrogen-bond acceptors (Lipinski definition) is 5. The maximum atomic E-state index is 14.6. The van der Waals surface area contributed by atoms with Crippen molar-refractivity contribution >= 4 is 17.5 Å². The number of halogens is 1. The number of Topliss-reactive ketones (excluding diaryl/α,β-unsaturated/α-hetero) is 1. The number of hydrogen-bond donors (Lipinski definition) is 0. The summed E-state index contributed by atoms with van der Waals surface area (Å²) in [5, 5.41) is 9.44. The van der Waals surface area contributed by atoms with Crippen LogP contribution in [-0.4, -0.2) is 44.6 Å². The fourth-order valence-electron chi connectivity index (χ4n) is 4.69. The van der Waals surface area contributed by atoms with Gasteiger partial charge in [-0.25, -0.2) is 4.39 Å². The van der Waals surface area contributed by atoms with Crippen LogP contribution >= 0.6 is 11.8 Å². The summed E-state index contributed by atoms with van der Waals surface area (Å²) in [6.45, 7) is 5.30. The molecule has 6 nitrogen and oxygen atoms in total. The van der Waals surface area contributed by atoms with Gasteiger partial charge in [0.1, 0.15) is 5.82 Å². The van der Waals surface area contributed by atoms with E-state index in [0.717, 1.165) is 49.2 Å². The lowest BCUT2D eigenvalue weighted by Crippen LogP contribution is -2.16. The van der Waals surface area contributed by atoms with E-state index in [1.54, 1.807) is 19.2 Å². The third kappa shape index (κ3) is 5.06. The van der Waals surface area contributed by atoms with Crippen molar-refractivity contribution in [2.24, 2.45) is 0 Å². The van der Waals surface area contributed by atoms with Gasteiger partial charge in [0, 0.05) is 36.6 Å². The molecule has 0 spiro atoms. The maximum absolute atomic E-state index is 14.6. The van der Waals surface area contributed by atoms with Crippen molar-refractivity contribution in [2.45, 2.75) is 63.7 Å². The van der Waals surface area contributed by atoms with Gasteiger partial charge in [0.2, 0.25) is 0 Å². The second kappa shape index (κ2) is 10.7. The second-order valence-corrected chi connectivity index (χ2v) is 9.53. The first-order valence-electron chi connectivity index (χ1n) is 11.5. The van der Waals surface area contributed by atoms with Crippen molar-refractivity contribution in [3.05, 3.63) is 53.1 Å². The van der Waals surface area contributed by atoms with Crippen LogP contribution < -0.4 is 0 Å². The zero-order valence-corrected chi connectivity index (χ0v) is 20.3. The van der Waals surface area contributed by atoms with Crippen LogP contribution in [0.15, 0.2) is 35.5 Å². The second-order valence-electron chi connectivity index (χ2n) is 8.59. The van der Waals surface area contributed by atoms with Crippen molar-refractivity contribution in [2.75, 3.05) is 19.5 Å². The summed E-state index contributed by atoms with van der Waals surface area (Å²) in [6.07, 6.45) is 5.52. The number of nitrogens with zero attached hydrogens (tertiary/aromatic N) is 4. The number of ether oxygens (including phenoxy) is 1. The number of methoxy groups -OCH3 is 1. The number of ketones is 1. The zero-order chi connectivity index (χ0) is 23.4. The molecule has 0 bridgehead atoms. The lowest BCUT2D eigenvalue weighted by atomic mass is 9.95. The number of aryl methyl sites for hydroxylation is 1. The Morgan fingerprint density at radius 1 is 1.18 bits per heavy atom. The first-order valence-corrected chi connectivity index (χ1v) is 12.5. The van der Waals surface area contributed by atoms with E-state index in [1.165, 1.54) is 24.2 Å². The minimum atomic E-state index is -0.307. The molecule has 0 atom stereocenters. The molecule has 1 aromatic carbocycles. The molecule has 3 aromatic rings. The maximum Gasteiger partial charge on any atom is 0.192 e. The topological polar surface area (TPSA) is 61.9 Å². The summed E-state index contributed by atoms with van der Waals surface area (Å²) < 4.78 is 24.0. The summed E-state index contributed by atoms with van der Waals surface area (Å²) in [5.74, 6) is 0.560. The zero-order valence-electron chi connectivity index (χ0n) is 19.5. The number of thioether (sulfide) groups is 1. The Morgan fingerprint density at radius 2 is 1.94 bits per heavy atom. The quantitative estimate of drug-likeness (QED) is 0.300. The van der Waals surface area contributed by atoms with E-state index in [-0.39, 0.29) is 23.4 Å². The monoisotopic (exact) mass is 470 g/mol. The van der Waals surface area contributed by atoms with Gasteiger partial charge >= 0.3 is 0 Å². The van der Waals surface area contributed by atoms with Crippen molar-refractivity contribution in [3.8, 4) is 11.4 Å². The SMILES string of the molecule is COCCn1c(C)cc(C(=O)CSc2nnc(-c3ccccc3F)n2C2CCCCC2)c1C. The van der Waals surface area contributed by atoms with Gasteiger partial charge in [-0.2, -0.15) is 0 Å². The Balaban J connectivity index is 1.58. The van der Waals surface area contributed by atoms with Gasteiger partial charge in [-0.15, -0.1) is 10.2 Å². The molecule has 0 N–H and O–H groups in total. The van der Waals surface area contributed by atoms with Crippen molar-refractivity contribution < 1.29 is 13.9 Å². The van der Waals surface area contributed by atoms with Gasteiger partial charge in [0.25, 0.3) is 0 Å². The molecule has 8 heteroatoms. The molecule has 1 fully saturated rings. The Labute approximate surface area is 198 Å². The molecule has 4 rings (SSSR count). The number of carbonyl (C=O) groups excluding carboxylic acids is 1. The van der Waals surface area contributed by atoms with Gasteiger partial charge in [-0.1, -0.05) is 43.2 Å². The van der Waals surface area contributed by atoms with E-state index in [0.29, 0.717) is 23.2 Å². The molecule has 0 unspecified atom stereocenters. The van der Waals surface area contributed by atoms with Crippen LogP contribution in [0.4, 0.5) is 4.39 Å². The fourth-order valence-corrected chi connectivity index (χ4v) is 5.58. The molecular formula is C25H31FN4O2S. The molecule has 33 heavy (non-hydrogen) atoms. The molecule has 176 valence electrons. The van der Waals surface area contributed by atoms with E-state index in [2.05, 4.69) is 19.3 Å². The van der Waals surface area contributed by atoms with Gasteiger partial charge in [0.05, 0.1) is 17.9 Å². The van der Waals surface area contributed by atoms with E-state index < -0.39 is 0 Å². The number of carbonyl (C=O) groups is 1. The molecule has 2 heterocycles. The predicted octanol–water partition coefficient (Wildman–Crippen LogP) is 5.63. The van der Waals surface area contributed by atoms with Crippen LogP contribution in [0.3, 0.4) is 0 Å². The molecule has 1 aliphatic rings. The molecule has 1 saturated carbocycles. The van der Waals surface area contributed by atoms with Crippen LogP contribution in [0.2, 0.25) is 0 Å². The molecular weight excluding hydrogens is 439 g/mol. The standard InChI is InChI=1S/C25H31FN4O2S/c1-17-15-21(18(2)29(17)13-14-32-3)23(31)16-33-25-28-27-24(20-11-7-8-12-22(20)26)30(25)19-9-5-4-6-10-19/h7-8,11-12,15,19H,4-6,9-10,13-14,16H2,1-3H3. The average Bonchev–Trinajstić information content (AvgIpc) is 3.37. The van der Waals surface area contributed by atoms with Gasteiger partial charge in [-0.3, -0.25) is 9.36 Å². The summed E-state index contributed by atoms with van der Waals surface area (Å²) in [4.78, 5) is 13.1. The Hall–Kier alpha value is -2.45. The molecule has 0 radical (unpaired) electrons. The smallest absolute Gasteiger partial charge is 0.192 e. The lowest BCUT2D eigenvalue weighted by Gasteiger charge is -2.25. The summed E-state index contributed by atoms with van der Waals surface area (Å²) >= 11 is 1.39. The van der Waals surface area contributed by atoms with E-state index in [9.17, 15) is 9.18 Å². The third-order valence-electron chi connectivity index (χ3n) is 6.44. The normalized spacial score (nSPS) is 14.7. The molecule has 0 aliphatic heterocycles. The van der Waals surface area contributed by atoms with Gasteiger partial charge < -0.3 is 9.30 Å². The first kappa shape index (κ1) is 23.7. The van der Waals surface area contributed by atoms with Crippen molar-refractivity contribution in [3.63, 3.8) is 0 Å². The number of rotatable bonds is 9. The van der Waals surface area contributed by atoms with Crippen LogP contribution in [0.25, 0.3) is 11.4 Å². The van der Waals surface area contributed by atoms with Crippen molar-refractivity contribution in [1.29, 1.82) is 0 Å². The Bertz CT molecular complexity index is 1120. The third-order valence-corrected chi connectivity index (χ3v) is 7.39. The Morgan fingerprint density at radius 3 is 2.67 bits per heavy atom. The average molecular weight is 471 g/mol. The van der Waals surface area contributed by atoms with Crippen LogP contribution in [-0.2, 0) is 11.3 Å². The van der Waals surface area contributed by atoms with Gasteiger partial charge in [-0.05, 0) is 44.9 Å². The summed E-state index contributed by atoms with van der Waals surface area (Å²) in [5.41, 5.74) is 3.19. The summed E-state index contributed by atoms with van der Waals surface area (Å²) in [7, 11) is 1.68. The highest BCUT2D eigenvalue weighted by Crippen LogP contribution is 2.36. The van der Waals surface area contributed by atoms with E-state index >= 15 is 0 Å². The molecule has 0 amide bonds. The molecule has 2 aromatic heterocycles. The van der Waals surface area contributed by atoms with Crippen LogP contribution in [0, 0.1) is 19.7 Å². The Kier molecular flexibility index (Phi) is 7.65. The largest absolute Gasteiger partial charge is 0.383 e. The lowest BCUT2D eigenvalue weighted by molar-refractivity contribution is 0.102. The minimum absolute atomic E-state index is 0.0578. The highest BCUT2D eigenvalue weighted by Gasteiger charge is 2.26. The number of benzene rings is 1. The summed E-state index contributed by atoms with van der Waals surface area (Å²) in [6, 6.07) is 8.86. The predicted molar refractivity (Wildman–Crippen MR) is 128 cm³/mol. The van der Waals surface area contributed by atoms with Crippen LogP contribution in [0.1, 0.15) is 59.9 Å². The fraction of sp³-hybridized carbons (Fsp3) is 0.480. The number of aromatic nitrogens is 4. The molecule has 0 saturated heterocycles. The van der Waals surface area contributed by atoms with E-state index in [1.807, 2.05) is 26.0 Å².